The molecule has 0 aromatic heterocycles. The molecule has 1 atom stereocenters. The van der Waals surface area contributed by atoms with Crippen molar-refractivity contribution in [3.8, 4) is 23.7 Å². The lowest BCUT2D eigenvalue weighted by Crippen LogP contribution is -2.51. The predicted molar refractivity (Wildman–Crippen MR) is 77.9 cm³/mol. The molecule has 0 aliphatic heterocycles. The lowest BCUT2D eigenvalue weighted by atomic mass is 10.1. The molecule has 0 fully saturated rings. The van der Waals surface area contributed by atoms with Gasteiger partial charge in [0.15, 0.2) is 0 Å². The Bertz CT molecular complexity index is 685. The first kappa shape index (κ1) is 18.3. The molecular formula is C17H13F3O3. The van der Waals surface area contributed by atoms with E-state index >= 15 is 0 Å². The van der Waals surface area contributed by atoms with Crippen LogP contribution in [0.2, 0.25) is 0 Å². The third kappa shape index (κ3) is 5.21. The molecule has 0 aliphatic rings. The van der Waals surface area contributed by atoms with Crippen molar-refractivity contribution in [1.82, 2.24) is 0 Å². The molecule has 0 heterocycles. The average molecular weight is 322 g/mol. The first-order valence-corrected chi connectivity index (χ1v) is 6.52. The maximum absolute atomic E-state index is 12.8. The van der Waals surface area contributed by atoms with Crippen molar-refractivity contribution in [2.24, 2.45) is 0 Å². The van der Waals surface area contributed by atoms with E-state index < -0.39 is 17.7 Å². The van der Waals surface area contributed by atoms with E-state index in [2.05, 4.69) is 16.6 Å². The summed E-state index contributed by atoms with van der Waals surface area (Å²) in [5.74, 6) is 6.87. The molecule has 0 spiro atoms. The van der Waals surface area contributed by atoms with Crippen molar-refractivity contribution in [3.05, 3.63) is 48.0 Å². The van der Waals surface area contributed by atoms with Gasteiger partial charge in [0, 0.05) is 5.56 Å². The van der Waals surface area contributed by atoms with Gasteiger partial charge in [-0.1, -0.05) is 36.0 Å². The van der Waals surface area contributed by atoms with Gasteiger partial charge in [-0.25, -0.2) is 4.79 Å². The van der Waals surface area contributed by atoms with Gasteiger partial charge in [-0.2, -0.15) is 13.2 Å². The van der Waals surface area contributed by atoms with Crippen molar-refractivity contribution in [2.45, 2.75) is 18.7 Å². The van der Waals surface area contributed by atoms with Gasteiger partial charge in [-0.05, 0) is 37.1 Å². The van der Waals surface area contributed by atoms with Crippen LogP contribution in [0.15, 0.2) is 42.5 Å². The summed E-state index contributed by atoms with van der Waals surface area (Å²) < 4.78 is 42.5. The van der Waals surface area contributed by atoms with Crippen LogP contribution in [0, 0.1) is 23.7 Å². The number of carbonyl (C=O) groups excluding carboxylic acids is 1. The molecule has 1 aromatic carbocycles. The zero-order valence-corrected chi connectivity index (χ0v) is 12.1. The predicted octanol–water partition coefficient (Wildman–Crippen LogP) is 2.45. The molecule has 1 aromatic rings. The zero-order chi connectivity index (χ0) is 17.3. The summed E-state index contributed by atoms with van der Waals surface area (Å²) in [6.45, 7) is 1.01. The Kier molecular flexibility index (Phi) is 6.44. The number of esters is 1. The van der Waals surface area contributed by atoms with E-state index in [4.69, 9.17) is 0 Å². The Morgan fingerprint density at radius 1 is 1.22 bits per heavy atom. The summed E-state index contributed by atoms with van der Waals surface area (Å²) in [4.78, 5) is 11.3. The topological polar surface area (TPSA) is 46.5 Å². The van der Waals surface area contributed by atoms with Gasteiger partial charge < -0.3 is 9.84 Å². The van der Waals surface area contributed by atoms with Crippen LogP contribution in [0.5, 0.6) is 0 Å². The number of alkyl halides is 3. The normalized spacial score (nSPS) is 13.3. The van der Waals surface area contributed by atoms with Gasteiger partial charge >= 0.3 is 17.7 Å². The van der Waals surface area contributed by atoms with E-state index in [0.717, 1.165) is 11.6 Å². The third-order valence-corrected chi connectivity index (χ3v) is 2.47. The monoisotopic (exact) mass is 322 g/mol. The first-order valence-electron chi connectivity index (χ1n) is 6.52. The maximum atomic E-state index is 12.8. The van der Waals surface area contributed by atoms with Gasteiger partial charge in [-0.3, -0.25) is 0 Å². The van der Waals surface area contributed by atoms with Crippen LogP contribution in [-0.2, 0) is 9.53 Å². The summed E-state index contributed by atoms with van der Waals surface area (Å²) in [7, 11) is 0. The van der Waals surface area contributed by atoms with Crippen LogP contribution in [-0.4, -0.2) is 29.5 Å². The summed E-state index contributed by atoms with van der Waals surface area (Å²) in [5.41, 5.74) is -3.14. The van der Waals surface area contributed by atoms with Crippen molar-refractivity contribution in [3.63, 3.8) is 0 Å². The molecule has 1 rings (SSSR count). The summed E-state index contributed by atoms with van der Waals surface area (Å²) in [6.07, 6.45) is -3.05. The number of hydrogen-bond acceptors (Lipinski definition) is 3. The highest BCUT2D eigenvalue weighted by Crippen LogP contribution is 2.31. The molecule has 23 heavy (non-hydrogen) atoms. The second kappa shape index (κ2) is 8.07. The molecule has 0 radical (unpaired) electrons. The number of halogens is 3. The summed E-state index contributed by atoms with van der Waals surface area (Å²) in [6, 6.07) is 8.91. The number of aliphatic hydroxyl groups is 1. The second-order valence-corrected chi connectivity index (χ2v) is 4.17. The van der Waals surface area contributed by atoms with E-state index in [9.17, 15) is 23.1 Å². The summed E-state index contributed by atoms with van der Waals surface area (Å²) >= 11 is 0. The van der Waals surface area contributed by atoms with E-state index in [1.165, 1.54) is 18.9 Å². The molecular weight excluding hydrogens is 309 g/mol. The van der Waals surface area contributed by atoms with E-state index in [-0.39, 0.29) is 6.61 Å². The fraction of sp³-hybridized carbons (Fsp3) is 0.235. The largest absolute Gasteiger partial charge is 0.463 e. The number of carbonyl (C=O) groups is 1. The molecule has 0 amide bonds. The smallest absolute Gasteiger partial charge is 0.440 e. The van der Waals surface area contributed by atoms with Gasteiger partial charge in [-0.15, -0.1) is 0 Å². The molecule has 0 saturated heterocycles. The zero-order valence-electron chi connectivity index (χ0n) is 12.1. The number of benzene rings is 1. The van der Waals surface area contributed by atoms with Gasteiger partial charge in [0.2, 0.25) is 0 Å². The quantitative estimate of drug-likeness (QED) is 0.672. The molecule has 0 unspecified atom stereocenters. The van der Waals surface area contributed by atoms with Gasteiger partial charge in [0.05, 0.1) is 6.61 Å². The Labute approximate surface area is 131 Å². The SMILES string of the molecule is CCOC(=O)[C@](O)(C#C/C=C\C#Cc1ccccc1)C(F)(F)F. The van der Waals surface area contributed by atoms with Crippen LogP contribution in [0.3, 0.4) is 0 Å². The molecule has 0 aliphatic carbocycles. The van der Waals surface area contributed by atoms with Crippen LogP contribution in [0.25, 0.3) is 0 Å². The van der Waals surface area contributed by atoms with E-state index in [1.807, 2.05) is 12.0 Å². The Balaban J connectivity index is 2.87. The standard InChI is InChI=1S/C17H13F3O3/c1-2-23-15(21)16(22,17(18,19)20)13-9-4-3-6-10-14-11-7-5-8-12-14/h3-5,7-8,11-12,22H,2H2,1H3/b4-3-/t16-/m1/s1. The number of ether oxygens (including phenoxy) is 1. The van der Waals surface area contributed by atoms with Crippen LogP contribution >= 0.6 is 0 Å². The Morgan fingerprint density at radius 3 is 2.39 bits per heavy atom. The fourth-order valence-electron chi connectivity index (χ4n) is 1.35. The molecule has 120 valence electrons. The molecule has 0 bridgehead atoms. The minimum Gasteiger partial charge on any atom is -0.463 e. The Morgan fingerprint density at radius 2 is 1.83 bits per heavy atom. The van der Waals surface area contributed by atoms with Crippen LogP contribution < -0.4 is 0 Å². The van der Waals surface area contributed by atoms with Crippen molar-refractivity contribution < 1.29 is 27.8 Å². The summed E-state index contributed by atoms with van der Waals surface area (Å²) in [5, 5.41) is 9.44. The van der Waals surface area contributed by atoms with Crippen molar-refractivity contribution in [2.75, 3.05) is 6.61 Å². The minimum absolute atomic E-state index is 0.308. The maximum Gasteiger partial charge on any atom is 0.440 e. The highest BCUT2D eigenvalue weighted by atomic mass is 19.4. The molecule has 3 nitrogen and oxygen atoms in total. The molecule has 6 heteroatoms. The third-order valence-electron chi connectivity index (χ3n) is 2.47. The number of allylic oxidation sites excluding steroid dienone is 2. The van der Waals surface area contributed by atoms with Crippen molar-refractivity contribution in [1.29, 1.82) is 0 Å². The van der Waals surface area contributed by atoms with E-state index in [0.29, 0.717) is 0 Å². The highest BCUT2D eigenvalue weighted by Gasteiger charge is 2.60. The first-order chi connectivity index (χ1) is 10.8. The van der Waals surface area contributed by atoms with Crippen LogP contribution in [0.1, 0.15) is 12.5 Å². The Hall–Kier alpha value is -2.70. The average Bonchev–Trinajstić information content (AvgIpc) is 2.50. The number of rotatable bonds is 2. The van der Waals surface area contributed by atoms with Gasteiger partial charge in [0.1, 0.15) is 0 Å². The minimum atomic E-state index is -5.27. The van der Waals surface area contributed by atoms with E-state index in [1.54, 1.807) is 24.3 Å². The van der Waals surface area contributed by atoms with Crippen molar-refractivity contribution >= 4 is 5.97 Å². The van der Waals surface area contributed by atoms with Crippen LogP contribution in [0.4, 0.5) is 13.2 Å². The lowest BCUT2D eigenvalue weighted by molar-refractivity contribution is -0.242. The fourth-order valence-corrected chi connectivity index (χ4v) is 1.35. The lowest BCUT2D eigenvalue weighted by Gasteiger charge is -2.22. The highest BCUT2D eigenvalue weighted by molar-refractivity contribution is 5.84. The number of hydrogen-bond donors (Lipinski definition) is 1. The molecule has 1 N–H and O–H groups in total. The van der Waals surface area contributed by atoms with Gasteiger partial charge in [0.25, 0.3) is 0 Å². The second-order valence-electron chi connectivity index (χ2n) is 4.17. The molecule has 0 saturated carbocycles.